The van der Waals surface area contributed by atoms with Crippen LogP contribution in [0.3, 0.4) is 0 Å². The number of anilines is 1. The van der Waals surface area contributed by atoms with Gasteiger partial charge in [-0.1, -0.05) is 13.8 Å². The molecule has 0 amide bonds. The van der Waals surface area contributed by atoms with Crippen LogP contribution in [0.1, 0.15) is 62.8 Å². The highest BCUT2D eigenvalue weighted by molar-refractivity contribution is 5.86. The zero-order valence-corrected chi connectivity index (χ0v) is 23.5. The van der Waals surface area contributed by atoms with E-state index in [1.54, 1.807) is 12.4 Å². The Hall–Kier alpha value is -4.10. The number of carbonyl (C=O) groups is 1. The van der Waals surface area contributed by atoms with Crippen molar-refractivity contribution in [3.05, 3.63) is 41.5 Å². The zero-order valence-electron chi connectivity index (χ0n) is 23.5. The van der Waals surface area contributed by atoms with E-state index in [9.17, 15) is 18.0 Å². The van der Waals surface area contributed by atoms with Crippen molar-refractivity contribution < 1.29 is 22.7 Å². The number of halogens is 3. The molecule has 11 nitrogen and oxygen atoms in total. The molecule has 1 N–H and O–H groups in total. The Morgan fingerprint density at radius 3 is 2.59 bits per heavy atom. The molecule has 0 spiro atoms. The Morgan fingerprint density at radius 2 is 1.95 bits per heavy atom. The first-order valence-corrected chi connectivity index (χ1v) is 13.5. The maximum absolute atomic E-state index is 13.4. The maximum atomic E-state index is 13.4. The average Bonchev–Trinajstić information content (AvgIpc) is 3.52. The minimum Gasteiger partial charge on any atom is -0.433 e. The van der Waals surface area contributed by atoms with Gasteiger partial charge in [0.25, 0.3) is 6.43 Å². The van der Waals surface area contributed by atoms with Gasteiger partial charge in [-0.05, 0) is 51.5 Å². The Labute approximate surface area is 234 Å². The van der Waals surface area contributed by atoms with Gasteiger partial charge in [-0.2, -0.15) is 9.78 Å². The summed E-state index contributed by atoms with van der Waals surface area (Å²) < 4.78 is 48.0. The van der Waals surface area contributed by atoms with Crippen molar-refractivity contribution in [2.24, 2.45) is 0 Å². The zero-order chi connectivity index (χ0) is 29.5. The Morgan fingerprint density at radius 1 is 1.22 bits per heavy atom. The smallest absolute Gasteiger partial charge is 0.433 e. The number of hydrogen-bond donors (Lipinski definition) is 1. The summed E-state index contributed by atoms with van der Waals surface area (Å²) in [5.74, 6) is 1.86. The number of aryl methyl sites for hydroxylation is 2. The quantitative estimate of drug-likeness (QED) is 0.315. The van der Waals surface area contributed by atoms with Crippen LogP contribution in [0, 0.1) is 6.92 Å². The molecule has 14 heteroatoms. The third-order valence-electron chi connectivity index (χ3n) is 7.30. The molecule has 0 saturated carbocycles. The van der Waals surface area contributed by atoms with Crippen molar-refractivity contribution in [2.45, 2.75) is 84.4 Å². The van der Waals surface area contributed by atoms with Crippen LogP contribution in [0.5, 0.6) is 0 Å². The number of ether oxygens (including phenoxy) is 1. The number of nitrogens with zero attached hydrogens (tertiary/aromatic N) is 8. The summed E-state index contributed by atoms with van der Waals surface area (Å²) in [7, 11) is 0. The standard InChI is InChI=1S/C27H32F3N9O2/c1-6-38-23(16-10-31-15(4)32-11-16)36-21-22(33-13-34-24(21)38)35-17-7-8-19-18(9-17)20(14(2)3)37-39(19)26(40)41-27(5,12-28)25(29)30/h10-11,13-14,17,25H,6-9,12H2,1-5H3,(H,33,34,35). The molecule has 0 fully saturated rings. The second-order valence-electron chi connectivity index (χ2n) is 10.7. The van der Waals surface area contributed by atoms with E-state index >= 15 is 0 Å². The molecule has 0 bridgehead atoms. The van der Waals surface area contributed by atoms with E-state index < -0.39 is 24.8 Å². The van der Waals surface area contributed by atoms with Crippen LogP contribution in [-0.2, 0) is 24.1 Å². The first-order chi connectivity index (χ1) is 19.6. The third-order valence-corrected chi connectivity index (χ3v) is 7.30. The van der Waals surface area contributed by atoms with Gasteiger partial charge >= 0.3 is 6.09 Å². The molecule has 218 valence electrons. The van der Waals surface area contributed by atoms with Gasteiger partial charge in [0.05, 0.1) is 17.0 Å². The Bertz CT molecular complexity index is 1570. The SMILES string of the molecule is CCn1c(-c2cnc(C)nc2)nc2c(NC3CCc4c(c(C(C)C)nn4C(=O)OC(C)(CF)C(F)F)C3)ncnc21. The molecule has 4 aromatic rings. The predicted molar refractivity (Wildman–Crippen MR) is 145 cm³/mol. The van der Waals surface area contributed by atoms with Crippen LogP contribution >= 0.6 is 0 Å². The van der Waals surface area contributed by atoms with E-state index in [1.807, 2.05) is 32.3 Å². The van der Waals surface area contributed by atoms with E-state index in [0.717, 1.165) is 22.7 Å². The van der Waals surface area contributed by atoms with Crippen LogP contribution in [0.15, 0.2) is 18.7 Å². The minimum absolute atomic E-state index is 0.0514. The fraction of sp³-hybridized carbons (Fsp3) is 0.519. The number of nitrogens with one attached hydrogen (secondary N) is 1. The molecule has 41 heavy (non-hydrogen) atoms. The van der Waals surface area contributed by atoms with E-state index in [0.29, 0.717) is 65.8 Å². The second-order valence-corrected chi connectivity index (χ2v) is 10.7. The van der Waals surface area contributed by atoms with E-state index in [1.165, 1.54) is 6.33 Å². The fourth-order valence-electron chi connectivity index (χ4n) is 5.02. The van der Waals surface area contributed by atoms with Crippen molar-refractivity contribution in [3.8, 4) is 11.4 Å². The van der Waals surface area contributed by atoms with Gasteiger partial charge in [0.2, 0.25) is 0 Å². The number of rotatable bonds is 8. The van der Waals surface area contributed by atoms with Gasteiger partial charge in [-0.3, -0.25) is 0 Å². The van der Waals surface area contributed by atoms with Gasteiger partial charge in [0.1, 0.15) is 24.7 Å². The van der Waals surface area contributed by atoms with Gasteiger partial charge < -0.3 is 14.6 Å². The summed E-state index contributed by atoms with van der Waals surface area (Å²) in [5.41, 5.74) is 1.57. The van der Waals surface area contributed by atoms with E-state index in [4.69, 9.17) is 9.72 Å². The number of fused-ring (bicyclic) bond motifs is 2. The molecule has 0 aliphatic heterocycles. The fourth-order valence-corrected chi connectivity index (χ4v) is 5.02. The number of alkyl halides is 3. The van der Waals surface area contributed by atoms with Crippen LogP contribution in [0.4, 0.5) is 23.8 Å². The van der Waals surface area contributed by atoms with Crippen LogP contribution in [0.25, 0.3) is 22.6 Å². The van der Waals surface area contributed by atoms with Crippen LogP contribution in [-0.4, -0.2) is 70.1 Å². The maximum Gasteiger partial charge on any atom is 0.435 e. The molecule has 5 rings (SSSR count). The number of carbonyl (C=O) groups excluding carboxylic acids is 1. The van der Waals surface area contributed by atoms with Crippen molar-refractivity contribution in [2.75, 3.05) is 12.0 Å². The molecular formula is C27H32F3N9O2. The van der Waals surface area contributed by atoms with Gasteiger partial charge in [-0.25, -0.2) is 42.9 Å². The summed E-state index contributed by atoms with van der Waals surface area (Å²) >= 11 is 0. The van der Waals surface area contributed by atoms with Crippen molar-refractivity contribution in [1.82, 2.24) is 39.3 Å². The Balaban J connectivity index is 1.44. The summed E-state index contributed by atoms with van der Waals surface area (Å²) in [4.78, 5) is 35.3. The molecule has 1 aliphatic carbocycles. The number of imidazole rings is 1. The highest BCUT2D eigenvalue weighted by Gasteiger charge is 2.41. The summed E-state index contributed by atoms with van der Waals surface area (Å²) in [6, 6.07) is -0.0816. The van der Waals surface area contributed by atoms with Crippen molar-refractivity contribution >= 4 is 23.1 Å². The number of hydrogen-bond acceptors (Lipinski definition) is 9. The van der Waals surface area contributed by atoms with Crippen molar-refractivity contribution in [3.63, 3.8) is 0 Å². The van der Waals surface area contributed by atoms with E-state index in [-0.39, 0.29) is 12.0 Å². The largest absolute Gasteiger partial charge is 0.435 e. The summed E-state index contributed by atoms with van der Waals surface area (Å²) in [6.45, 7) is 7.67. The average molecular weight is 572 g/mol. The molecule has 4 aromatic heterocycles. The monoisotopic (exact) mass is 571 g/mol. The first kappa shape index (κ1) is 28.4. The topological polar surface area (TPSA) is 126 Å². The van der Waals surface area contributed by atoms with Crippen LogP contribution in [0.2, 0.25) is 0 Å². The van der Waals surface area contributed by atoms with Gasteiger partial charge in [0, 0.05) is 25.0 Å². The summed E-state index contributed by atoms with van der Waals surface area (Å²) in [6.07, 6.45) is 2.17. The molecule has 4 heterocycles. The lowest BCUT2D eigenvalue weighted by Gasteiger charge is -2.27. The van der Waals surface area contributed by atoms with E-state index in [2.05, 4.69) is 30.4 Å². The van der Waals surface area contributed by atoms with Gasteiger partial charge in [-0.15, -0.1) is 0 Å². The minimum atomic E-state index is -3.18. The lowest BCUT2D eigenvalue weighted by Crippen LogP contribution is -2.43. The van der Waals surface area contributed by atoms with Gasteiger partial charge in [0.15, 0.2) is 22.6 Å². The molecule has 0 radical (unpaired) electrons. The molecule has 1 aliphatic rings. The number of aromatic nitrogens is 8. The second kappa shape index (κ2) is 11.1. The summed E-state index contributed by atoms with van der Waals surface area (Å²) in [5, 5.41) is 7.92. The van der Waals surface area contributed by atoms with Crippen molar-refractivity contribution in [1.29, 1.82) is 0 Å². The first-order valence-electron chi connectivity index (χ1n) is 13.5. The Kier molecular flexibility index (Phi) is 7.66. The van der Waals surface area contributed by atoms with Crippen LogP contribution < -0.4 is 5.32 Å². The molecule has 2 unspecified atom stereocenters. The highest BCUT2D eigenvalue weighted by Crippen LogP contribution is 2.33. The third kappa shape index (κ3) is 5.22. The predicted octanol–water partition coefficient (Wildman–Crippen LogP) is 4.88. The lowest BCUT2D eigenvalue weighted by molar-refractivity contribution is -0.101. The molecule has 2 atom stereocenters. The molecular weight excluding hydrogens is 539 g/mol. The molecule has 0 aromatic carbocycles. The lowest BCUT2D eigenvalue weighted by atomic mass is 9.89. The highest BCUT2D eigenvalue weighted by atomic mass is 19.3. The normalized spacial score (nSPS) is 16.7. The molecule has 0 saturated heterocycles.